The molecule has 0 radical (unpaired) electrons. The molecule has 2 unspecified atom stereocenters. The Kier molecular flexibility index (Phi) is 5.34. The van der Waals surface area contributed by atoms with Crippen LogP contribution in [0.2, 0.25) is 0 Å². The summed E-state index contributed by atoms with van der Waals surface area (Å²) in [5.74, 6) is 1.80. The van der Waals surface area contributed by atoms with Crippen molar-refractivity contribution in [2.75, 3.05) is 6.61 Å². The Morgan fingerprint density at radius 2 is 2.00 bits per heavy atom. The Bertz CT molecular complexity index is 1190. The van der Waals surface area contributed by atoms with E-state index in [1.807, 2.05) is 30.3 Å². The predicted molar refractivity (Wildman–Crippen MR) is 116 cm³/mol. The smallest absolute Gasteiger partial charge is 0.281 e. The average molecular weight is 427 g/mol. The Morgan fingerprint density at radius 3 is 2.72 bits per heavy atom. The molecule has 0 N–H and O–H groups in total. The van der Waals surface area contributed by atoms with Crippen LogP contribution in [0.5, 0.6) is 5.75 Å². The summed E-state index contributed by atoms with van der Waals surface area (Å²) in [6.45, 7) is -0.163. The van der Waals surface area contributed by atoms with Gasteiger partial charge in [0.25, 0.3) is 5.91 Å². The highest BCUT2D eigenvalue weighted by molar-refractivity contribution is 6.08. The number of nitrogens with zero attached hydrogens (tertiary/aromatic N) is 3. The zero-order valence-corrected chi connectivity index (χ0v) is 17.3. The molecule has 1 aliphatic heterocycles. The van der Waals surface area contributed by atoms with Crippen molar-refractivity contribution in [2.45, 2.75) is 25.3 Å². The van der Waals surface area contributed by atoms with Gasteiger partial charge in [0.05, 0.1) is 29.9 Å². The maximum Gasteiger partial charge on any atom is 0.281 e. The van der Waals surface area contributed by atoms with Crippen LogP contribution < -0.4 is 4.74 Å². The third kappa shape index (κ3) is 3.83. The standard InChI is InChI=1S/C25H21N3O4/c26-15-17-8-10-19(11-9-17)32-16-23(29)28-25(22-7-3-13-31-22)21-6-1-4-18(24(21)27-28)14-20-5-2-12-30-20/h2-3,5,7-14,21,25H,1,4,6,16H2/b18-14+. The summed E-state index contributed by atoms with van der Waals surface area (Å²) >= 11 is 0. The lowest BCUT2D eigenvalue weighted by Gasteiger charge is -2.27. The number of carbonyl (C=O) groups is 1. The SMILES string of the molecule is N#Cc1ccc(OCC(=O)N2N=C3/C(=C/c4ccco4)CCCC3C2c2ccco2)cc1. The first kappa shape index (κ1) is 19.9. The number of ether oxygens (including phenoxy) is 1. The van der Waals surface area contributed by atoms with Gasteiger partial charge in [0.1, 0.15) is 23.3 Å². The molecule has 32 heavy (non-hydrogen) atoms. The van der Waals surface area contributed by atoms with E-state index in [4.69, 9.17) is 23.9 Å². The molecule has 1 aliphatic carbocycles. The molecule has 2 atom stereocenters. The summed E-state index contributed by atoms with van der Waals surface area (Å²) in [6.07, 6.45) is 8.06. The van der Waals surface area contributed by atoms with Crippen molar-refractivity contribution < 1.29 is 18.4 Å². The third-order valence-corrected chi connectivity index (χ3v) is 5.80. The number of allylic oxidation sites excluding steroid dienone is 1. The molecule has 7 heteroatoms. The second-order valence-corrected chi connectivity index (χ2v) is 7.79. The molecule has 0 bridgehead atoms. The van der Waals surface area contributed by atoms with Gasteiger partial charge in [-0.1, -0.05) is 0 Å². The first-order valence-corrected chi connectivity index (χ1v) is 10.5. The molecule has 1 fully saturated rings. The van der Waals surface area contributed by atoms with Crippen LogP contribution in [0, 0.1) is 17.2 Å². The predicted octanol–water partition coefficient (Wildman–Crippen LogP) is 4.95. The summed E-state index contributed by atoms with van der Waals surface area (Å²) in [5, 5.41) is 15.2. The summed E-state index contributed by atoms with van der Waals surface area (Å²) in [5.41, 5.74) is 2.52. The van der Waals surface area contributed by atoms with Crippen LogP contribution in [0.4, 0.5) is 0 Å². The number of rotatable bonds is 5. The van der Waals surface area contributed by atoms with E-state index in [0.717, 1.165) is 36.3 Å². The van der Waals surface area contributed by atoms with E-state index < -0.39 is 0 Å². The van der Waals surface area contributed by atoms with Crippen molar-refractivity contribution >= 4 is 17.7 Å². The lowest BCUT2D eigenvalue weighted by Crippen LogP contribution is -2.34. The Morgan fingerprint density at radius 1 is 1.19 bits per heavy atom. The molecule has 160 valence electrons. The highest BCUT2D eigenvalue weighted by Gasteiger charge is 2.45. The largest absolute Gasteiger partial charge is 0.484 e. The Hall–Kier alpha value is -4.05. The second-order valence-electron chi connectivity index (χ2n) is 7.79. The molecular weight excluding hydrogens is 406 g/mol. The van der Waals surface area contributed by atoms with Gasteiger partial charge in [-0.3, -0.25) is 4.79 Å². The summed E-state index contributed by atoms with van der Waals surface area (Å²) in [7, 11) is 0. The lowest BCUT2D eigenvalue weighted by atomic mass is 9.79. The zero-order chi connectivity index (χ0) is 21.9. The van der Waals surface area contributed by atoms with Gasteiger partial charge in [-0.2, -0.15) is 10.4 Å². The van der Waals surface area contributed by atoms with Gasteiger partial charge in [0, 0.05) is 5.92 Å². The van der Waals surface area contributed by atoms with E-state index in [1.165, 1.54) is 5.01 Å². The summed E-state index contributed by atoms with van der Waals surface area (Å²) in [6, 6.07) is 15.9. The molecule has 1 saturated carbocycles. The van der Waals surface area contributed by atoms with Crippen molar-refractivity contribution in [3.8, 4) is 11.8 Å². The molecule has 1 aromatic carbocycles. The normalized spacial score (nSPS) is 21.2. The lowest BCUT2D eigenvalue weighted by molar-refractivity contribution is -0.136. The van der Waals surface area contributed by atoms with E-state index >= 15 is 0 Å². The van der Waals surface area contributed by atoms with Crippen LogP contribution in [0.1, 0.15) is 42.4 Å². The number of fused-ring (bicyclic) bond motifs is 1. The van der Waals surface area contributed by atoms with Crippen molar-refractivity contribution in [1.29, 1.82) is 5.26 Å². The first-order chi connectivity index (χ1) is 15.7. The molecule has 1 amide bonds. The monoisotopic (exact) mass is 427 g/mol. The minimum atomic E-state index is -0.308. The van der Waals surface area contributed by atoms with Crippen LogP contribution in [-0.4, -0.2) is 23.2 Å². The number of furan rings is 2. The summed E-state index contributed by atoms with van der Waals surface area (Å²) in [4.78, 5) is 13.2. The number of nitriles is 1. The van der Waals surface area contributed by atoms with Gasteiger partial charge >= 0.3 is 0 Å². The highest BCUT2D eigenvalue weighted by atomic mass is 16.5. The molecule has 2 aliphatic rings. The molecule has 3 heterocycles. The van der Waals surface area contributed by atoms with Crippen molar-refractivity contribution in [2.24, 2.45) is 11.0 Å². The van der Waals surface area contributed by atoms with Gasteiger partial charge in [-0.15, -0.1) is 0 Å². The molecule has 3 aromatic rings. The van der Waals surface area contributed by atoms with Gasteiger partial charge < -0.3 is 13.6 Å². The van der Waals surface area contributed by atoms with Crippen molar-refractivity contribution in [1.82, 2.24) is 5.01 Å². The van der Waals surface area contributed by atoms with Gasteiger partial charge in [-0.25, -0.2) is 5.01 Å². The molecular formula is C25H21N3O4. The van der Waals surface area contributed by atoms with E-state index in [9.17, 15) is 4.79 Å². The van der Waals surface area contributed by atoms with E-state index in [0.29, 0.717) is 17.1 Å². The number of hydrogen-bond donors (Lipinski definition) is 0. The van der Waals surface area contributed by atoms with Crippen molar-refractivity contribution in [3.63, 3.8) is 0 Å². The molecule has 7 nitrogen and oxygen atoms in total. The first-order valence-electron chi connectivity index (χ1n) is 10.5. The number of amides is 1. The zero-order valence-electron chi connectivity index (χ0n) is 17.3. The molecule has 5 rings (SSSR count). The van der Waals surface area contributed by atoms with Gasteiger partial charge in [-0.05, 0) is 79.4 Å². The van der Waals surface area contributed by atoms with Gasteiger partial charge in [0.15, 0.2) is 6.61 Å². The molecule has 0 saturated heterocycles. The fraction of sp³-hybridized carbons (Fsp3) is 0.240. The maximum absolute atomic E-state index is 13.2. The van der Waals surface area contributed by atoms with Crippen LogP contribution in [0.15, 0.2) is 80.6 Å². The fourth-order valence-electron chi connectivity index (χ4n) is 4.33. The minimum absolute atomic E-state index is 0.0509. The van der Waals surface area contributed by atoms with E-state index in [2.05, 4.69) is 6.07 Å². The fourth-order valence-corrected chi connectivity index (χ4v) is 4.33. The van der Waals surface area contributed by atoms with Crippen LogP contribution in [0.25, 0.3) is 6.08 Å². The number of hydrogen-bond acceptors (Lipinski definition) is 6. The quantitative estimate of drug-likeness (QED) is 0.575. The maximum atomic E-state index is 13.2. The second kappa shape index (κ2) is 8.60. The number of carbonyl (C=O) groups excluding carboxylic acids is 1. The van der Waals surface area contributed by atoms with E-state index in [1.54, 1.807) is 36.8 Å². The van der Waals surface area contributed by atoms with E-state index in [-0.39, 0.29) is 24.5 Å². The summed E-state index contributed by atoms with van der Waals surface area (Å²) < 4.78 is 16.9. The topological polar surface area (TPSA) is 92.0 Å². The molecule has 2 aromatic heterocycles. The Labute approximate surface area is 185 Å². The number of benzene rings is 1. The number of hydrazone groups is 1. The molecule has 0 spiro atoms. The third-order valence-electron chi connectivity index (χ3n) is 5.80. The van der Waals surface area contributed by atoms with Crippen molar-refractivity contribution in [3.05, 3.63) is 83.7 Å². The minimum Gasteiger partial charge on any atom is -0.484 e. The van der Waals surface area contributed by atoms with Crippen LogP contribution in [-0.2, 0) is 4.79 Å². The Balaban J connectivity index is 1.41. The van der Waals surface area contributed by atoms with Crippen LogP contribution >= 0.6 is 0 Å². The van der Waals surface area contributed by atoms with Crippen LogP contribution in [0.3, 0.4) is 0 Å². The van der Waals surface area contributed by atoms with Gasteiger partial charge in [0.2, 0.25) is 0 Å². The highest BCUT2D eigenvalue weighted by Crippen LogP contribution is 2.44. The average Bonchev–Trinajstić information content (AvgIpc) is 3.58.